The van der Waals surface area contributed by atoms with Gasteiger partial charge in [0.1, 0.15) is 0 Å². The van der Waals surface area contributed by atoms with E-state index in [4.69, 9.17) is 5.73 Å². The zero-order chi connectivity index (χ0) is 19.5. The second-order valence-corrected chi connectivity index (χ2v) is 6.78. The van der Waals surface area contributed by atoms with Crippen LogP contribution in [0.15, 0.2) is 36.5 Å². The van der Waals surface area contributed by atoms with Gasteiger partial charge in [0.15, 0.2) is 11.9 Å². The van der Waals surface area contributed by atoms with E-state index in [1.807, 2.05) is 0 Å². The molecule has 0 bridgehead atoms. The first-order valence-electron chi connectivity index (χ1n) is 9.60. The average Bonchev–Trinajstić information content (AvgIpc) is 2.62. The van der Waals surface area contributed by atoms with Crippen LogP contribution < -0.4 is 10.6 Å². The summed E-state index contributed by atoms with van der Waals surface area (Å²) >= 11 is 0. The molecular weight excluding hydrogens is 349 g/mol. The lowest BCUT2D eigenvalue weighted by Gasteiger charge is -2.07. The molecule has 0 saturated heterocycles. The number of nitrogens with two attached hydrogens (primary N) is 1. The van der Waals surface area contributed by atoms with Gasteiger partial charge in [0.2, 0.25) is 0 Å². The number of hydrogen-bond donors (Lipinski definition) is 1. The van der Waals surface area contributed by atoms with Crippen molar-refractivity contribution in [2.75, 3.05) is 6.54 Å². The summed E-state index contributed by atoms with van der Waals surface area (Å²) in [5.41, 5.74) is 5.35. The Morgan fingerprint density at radius 3 is 2.19 bits per heavy atom. The molecule has 0 spiro atoms. The first-order valence-corrected chi connectivity index (χ1v) is 10.7. The molecule has 0 aliphatic carbocycles. The van der Waals surface area contributed by atoms with E-state index in [1.165, 1.54) is 0 Å². The van der Waals surface area contributed by atoms with Crippen molar-refractivity contribution in [1.29, 1.82) is 0 Å². The van der Waals surface area contributed by atoms with Gasteiger partial charge < -0.3 is 10.6 Å². The molecule has 0 radical (unpaired) electrons. The quantitative estimate of drug-likeness (QED) is 0.227. The summed E-state index contributed by atoms with van der Waals surface area (Å²) < 4.78 is 15.0. The van der Waals surface area contributed by atoms with Gasteiger partial charge in [-0.05, 0) is 43.1 Å². The standard InChI is InChI=1S/C20H34NO4P/c1-2-3-4-5-6-7-8-9-10-11-12-13-14-15-16-17-19(22)20(18-21)25-26(23)24/h3-4,6-7,9-10,20H,2,5,8,11-18,21H2,1H3/b4-3-,7-6-,10-9-. The monoisotopic (exact) mass is 383 g/mol. The van der Waals surface area contributed by atoms with E-state index >= 15 is 0 Å². The van der Waals surface area contributed by atoms with Crippen molar-refractivity contribution in [3.8, 4) is 0 Å². The third-order valence-electron chi connectivity index (χ3n) is 3.86. The minimum Gasteiger partial charge on any atom is -0.566 e. The number of carbonyl (C=O) groups excluding carboxylic acids is 1. The molecule has 0 aromatic carbocycles. The molecule has 0 fully saturated rings. The summed E-state index contributed by atoms with van der Waals surface area (Å²) in [6.07, 6.45) is 21.7. The van der Waals surface area contributed by atoms with Crippen LogP contribution in [0.5, 0.6) is 0 Å². The lowest BCUT2D eigenvalue weighted by molar-refractivity contribution is -0.189. The maximum absolute atomic E-state index is 11.8. The predicted octanol–water partition coefficient (Wildman–Crippen LogP) is 4.51. The lowest BCUT2D eigenvalue weighted by atomic mass is 10.1. The van der Waals surface area contributed by atoms with Crippen LogP contribution in [-0.2, 0) is 13.9 Å². The van der Waals surface area contributed by atoms with Crippen LogP contribution >= 0.6 is 8.25 Å². The fourth-order valence-electron chi connectivity index (χ4n) is 2.42. The second kappa shape index (κ2) is 18.7. The number of rotatable bonds is 17. The minimum atomic E-state index is -3.03. The van der Waals surface area contributed by atoms with Gasteiger partial charge >= 0.3 is 8.25 Å². The Morgan fingerprint density at radius 2 is 1.58 bits per heavy atom. The Kier molecular flexibility index (Phi) is 17.8. The van der Waals surface area contributed by atoms with Crippen LogP contribution in [-0.4, -0.2) is 18.4 Å². The number of unbranched alkanes of at least 4 members (excludes halogenated alkanes) is 5. The van der Waals surface area contributed by atoms with Gasteiger partial charge in [-0.2, -0.15) is 0 Å². The second-order valence-electron chi connectivity index (χ2n) is 6.12. The van der Waals surface area contributed by atoms with Crippen LogP contribution in [0.4, 0.5) is 0 Å². The van der Waals surface area contributed by atoms with Gasteiger partial charge in [-0.3, -0.25) is 4.79 Å². The molecule has 0 aromatic rings. The normalized spacial score (nSPS) is 13.9. The van der Waals surface area contributed by atoms with Gasteiger partial charge in [-0.1, -0.05) is 62.6 Å². The first kappa shape index (κ1) is 24.9. The summed E-state index contributed by atoms with van der Waals surface area (Å²) in [6.45, 7) is 2.04. The summed E-state index contributed by atoms with van der Waals surface area (Å²) in [6, 6.07) is 0. The maximum Gasteiger partial charge on any atom is 0.489 e. The van der Waals surface area contributed by atoms with Crippen molar-refractivity contribution in [3.63, 3.8) is 0 Å². The van der Waals surface area contributed by atoms with Crippen molar-refractivity contribution in [2.45, 2.75) is 77.2 Å². The van der Waals surface area contributed by atoms with Gasteiger partial charge in [-0.15, -0.1) is 4.52 Å². The van der Waals surface area contributed by atoms with Crippen LogP contribution in [0, 0.1) is 0 Å². The highest BCUT2D eigenvalue weighted by Gasteiger charge is 2.23. The van der Waals surface area contributed by atoms with E-state index in [1.54, 1.807) is 0 Å². The summed E-state index contributed by atoms with van der Waals surface area (Å²) in [5.74, 6) is -0.229. The molecule has 6 heteroatoms. The smallest absolute Gasteiger partial charge is 0.489 e. The van der Waals surface area contributed by atoms with Gasteiger partial charge in [0.05, 0.1) is 0 Å². The van der Waals surface area contributed by atoms with Crippen molar-refractivity contribution >= 4 is 14.0 Å². The van der Waals surface area contributed by atoms with E-state index < -0.39 is 14.4 Å². The third kappa shape index (κ3) is 16.3. The number of Topliss-reactive ketones (excluding diaryl/α,β-unsaturated/α-hetero) is 1. The Balaban J connectivity index is 3.53. The SMILES string of the molecule is CC/C=C\C/C=C\C/C=C\CCCCCCCC(=O)C(CN)O[P+](=O)[O-]. The van der Waals surface area contributed by atoms with E-state index in [2.05, 4.69) is 47.9 Å². The molecule has 148 valence electrons. The highest BCUT2D eigenvalue weighted by atomic mass is 31.1. The Morgan fingerprint density at radius 1 is 1.00 bits per heavy atom. The van der Waals surface area contributed by atoms with Crippen LogP contribution in [0.3, 0.4) is 0 Å². The van der Waals surface area contributed by atoms with E-state index in [-0.39, 0.29) is 12.3 Å². The highest BCUT2D eigenvalue weighted by Crippen LogP contribution is 2.16. The third-order valence-corrected chi connectivity index (χ3v) is 4.29. The van der Waals surface area contributed by atoms with Crippen molar-refractivity contribution in [1.82, 2.24) is 0 Å². The van der Waals surface area contributed by atoms with Gasteiger partial charge in [0.25, 0.3) is 0 Å². The van der Waals surface area contributed by atoms with Crippen molar-refractivity contribution < 1.29 is 18.8 Å². The van der Waals surface area contributed by atoms with Crippen molar-refractivity contribution in [2.24, 2.45) is 5.73 Å². The Labute approximate surface area is 159 Å². The largest absolute Gasteiger partial charge is 0.566 e. The molecule has 0 aromatic heterocycles. The minimum absolute atomic E-state index is 0.0981. The van der Waals surface area contributed by atoms with Gasteiger partial charge in [-0.25, -0.2) is 0 Å². The number of ketones is 1. The topological polar surface area (TPSA) is 92.5 Å². The fraction of sp³-hybridized carbons (Fsp3) is 0.650. The van der Waals surface area contributed by atoms with Crippen LogP contribution in [0.25, 0.3) is 0 Å². The average molecular weight is 383 g/mol. The molecule has 0 aliphatic heterocycles. The lowest BCUT2D eigenvalue weighted by Crippen LogP contribution is -2.31. The molecule has 0 amide bonds. The molecule has 26 heavy (non-hydrogen) atoms. The highest BCUT2D eigenvalue weighted by molar-refractivity contribution is 7.30. The molecule has 2 unspecified atom stereocenters. The van der Waals surface area contributed by atoms with E-state index in [9.17, 15) is 14.3 Å². The first-order chi connectivity index (χ1) is 12.6. The van der Waals surface area contributed by atoms with Crippen LogP contribution in [0.1, 0.15) is 71.1 Å². The van der Waals surface area contributed by atoms with E-state index in [0.29, 0.717) is 6.42 Å². The molecule has 2 atom stereocenters. The molecule has 0 heterocycles. The summed E-state index contributed by atoms with van der Waals surface area (Å²) in [5, 5.41) is 0. The molecular formula is C20H34NO4P. The fourth-order valence-corrected chi connectivity index (χ4v) is 2.83. The Hall–Kier alpha value is -1.13. The van der Waals surface area contributed by atoms with Crippen molar-refractivity contribution in [3.05, 3.63) is 36.5 Å². The zero-order valence-corrected chi connectivity index (χ0v) is 16.9. The van der Waals surface area contributed by atoms with Crippen LogP contribution in [0.2, 0.25) is 0 Å². The number of allylic oxidation sites excluding steroid dienone is 6. The molecule has 0 rings (SSSR count). The van der Waals surface area contributed by atoms with E-state index in [0.717, 1.165) is 57.8 Å². The summed E-state index contributed by atoms with van der Waals surface area (Å²) in [4.78, 5) is 22.2. The summed E-state index contributed by atoms with van der Waals surface area (Å²) in [7, 11) is -3.03. The maximum atomic E-state index is 11.8. The molecule has 5 nitrogen and oxygen atoms in total. The number of carbonyl (C=O) groups is 1. The zero-order valence-electron chi connectivity index (χ0n) is 16.0. The molecule has 0 saturated carbocycles. The molecule has 2 N–H and O–H groups in total. The number of hydrogen-bond acceptors (Lipinski definition) is 5. The Bertz CT molecular complexity index is 461. The predicted molar refractivity (Wildman–Crippen MR) is 106 cm³/mol. The molecule has 0 aliphatic rings. The van der Waals surface area contributed by atoms with Gasteiger partial charge in [0, 0.05) is 13.0 Å².